The van der Waals surface area contributed by atoms with Gasteiger partial charge in [0.25, 0.3) is 5.91 Å². The highest BCUT2D eigenvalue weighted by atomic mass is 32.2. The Hall–Kier alpha value is -2.62. The van der Waals surface area contributed by atoms with Gasteiger partial charge >= 0.3 is 0 Å². The molecule has 31 heavy (non-hydrogen) atoms. The number of amides is 1. The Bertz CT molecular complexity index is 1020. The predicted molar refractivity (Wildman–Crippen MR) is 116 cm³/mol. The van der Waals surface area contributed by atoms with Gasteiger partial charge in [-0.05, 0) is 49.7 Å². The van der Waals surface area contributed by atoms with Crippen LogP contribution in [0.15, 0.2) is 47.4 Å². The van der Waals surface area contributed by atoms with Crippen LogP contribution in [0.3, 0.4) is 0 Å². The summed E-state index contributed by atoms with van der Waals surface area (Å²) in [6.45, 7) is 5.46. The molecule has 8 nitrogen and oxygen atoms in total. The van der Waals surface area contributed by atoms with Crippen molar-refractivity contribution in [2.45, 2.75) is 31.4 Å². The number of rotatable bonds is 8. The van der Waals surface area contributed by atoms with Crippen LogP contribution in [0.4, 0.5) is 0 Å². The van der Waals surface area contributed by atoms with Gasteiger partial charge in [-0.15, -0.1) is 0 Å². The molecule has 1 aliphatic heterocycles. The largest absolute Gasteiger partial charge is 0.493 e. The van der Waals surface area contributed by atoms with Gasteiger partial charge in [0, 0.05) is 25.2 Å². The molecule has 0 bridgehead atoms. The first-order chi connectivity index (χ1) is 14.8. The molecular weight excluding hydrogens is 420 g/mol. The van der Waals surface area contributed by atoms with Crippen LogP contribution in [0.2, 0.25) is 0 Å². The molecule has 1 amide bonds. The molecule has 0 unspecified atom stereocenters. The van der Waals surface area contributed by atoms with E-state index in [1.807, 2.05) is 19.9 Å². The van der Waals surface area contributed by atoms with E-state index in [1.54, 1.807) is 31.4 Å². The Balaban J connectivity index is 1.69. The van der Waals surface area contributed by atoms with Gasteiger partial charge in [0.2, 0.25) is 10.0 Å². The number of carbonyl (C=O) groups excluding carboxylic acids is 1. The molecule has 3 rings (SSSR count). The van der Waals surface area contributed by atoms with E-state index in [2.05, 4.69) is 5.32 Å². The molecule has 0 atom stereocenters. The first kappa shape index (κ1) is 23.1. The molecule has 1 heterocycles. The van der Waals surface area contributed by atoms with E-state index in [-0.39, 0.29) is 29.0 Å². The molecule has 0 aromatic heterocycles. The number of benzene rings is 2. The molecule has 0 saturated carbocycles. The lowest BCUT2D eigenvalue weighted by atomic mass is 10.1. The molecule has 9 heteroatoms. The lowest BCUT2D eigenvalue weighted by Gasteiger charge is -2.26. The van der Waals surface area contributed by atoms with Crippen molar-refractivity contribution >= 4 is 15.9 Å². The fourth-order valence-electron chi connectivity index (χ4n) is 3.19. The second-order valence-electron chi connectivity index (χ2n) is 7.38. The number of nitrogens with zero attached hydrogens (tertiary/aromatic N) is 1. The Labute approximate surface area is 183 Å². The van der Waals surface area contributed by atoms with E-state index in [1.165, 1.54) is 16.4 Å². The van der Waals surface area contributed by atoms with Gasteiger partial charge in [0.05, 0.1) is 31.3 Å². The van der Waals surface area contributed by atoms with Gasteiger partial charge in [0.1, 0.15) is 0 Å². The van der Waals surface area contributed by atoms with E-state index in [9.17, 15) is 13.2 Å². The Morgan fingerprint density at radius 2 is 1.87 bits per heavy atom. The zero-order chi connectivity index (χ0) is 22.4. The fraction of sp³-hybridized carbons (Fsp3) is 0.409. The predicted octanol–water partition coefficient (Wildman–Crippen LogP) is 2.43. The number of methoxy groups -OCH3 is 1. The van der Waals surface area contributed by atoms with Gasteiger partial charge < -0.3 is 19.5 Å². The van der Waals surface area contributed by atoms with Gasteiger partial charge in [-0.2, -0.15) is 4.31 Å². The standard InChI is InChI=1S/C22H28N2O6S/c1-16(2)30-20-8-7-17(13-21(20)28-3)15-23-22(25)18-5-4-6-19(14-18)31(26,27)24-9-11-29-12-10-24/h4-8,13-14,16H,9-12,15H2,1-3H3,(H,23,25). The van der Waals surface area contributed by atoms with Crippen LogP contribution in [0, 0.1) is 0 Å². The molecule has 0 spiro atoms. The number of ether oxygens (including phenoxy) is 3. The second-order valence-corrected chi connectivity index (χ2v) is 9.32. The third-order valence-electron chi connectivity index (χ3n) is 4.75. The molecule has 1 aliphatic rings. The highest BCUT2D eigenvalue weighted by Gasteiger charge is 2.26. The van der Waals surface area contributed by atoms with E-state index in [0.29, 0.717) is 37.8 Å². The van der Waals surface area contributed by atoms with Gasteiger partial charge in [0.15, 0.2) is 11.5 Å². The third kappa shape index (κ3) is 5.75. The average molecular weight is 449 g/mol. The molecule has 2 aromatic rings. The molecule has 2 aromatic carbocycles. The van der Waals surface area contributed by atoms with Crippen LogP contribution in [0.25, 0.3) is 0 Å². The lowest BCUT2D eigenvalue weighted by molar-refractivity contribution is 0.0730. The summed E-state index contributed by atoms with van der Waals surface area (Å²) in [6, 6.07) is 11.5. The molecule has 168 valence electrons. The summed E-state index contributed by atoms with van der Waals surface area (Å²) in [5.74, 6) is 0.855. The molecule has 1 saturated heterocycles. The van der Waals surface area contributed by atoms with Crippen molar-refractivity contribution < 1.29 is 27.4 Å². The number of nitrogens with one attached hydrogen (secondary N) is 1. The number of hydrogen-bond donors (Lipinski definition) is 1. The van der Waals surface area contributed by atoms with Crippen LogP contribution < -0.4 is 14.8 Å². The van der Waals surface area contributed by atoms with Crippen LogP contribution in [0.5, 0.6) is 11.5 Å². The first-order valence-corrected chi connectivity index (χ1v) is 11.5. The maximum atomic E-state index is 12.8. The Morgan fingerprint density at radius 1 is 1.13 bits per heavy atom. The summed E-state index contributed by atoms with van der Waals surface area (Å²) < 4.78 is 43.3. The summed E-state index contributed by atoms with van der Waals surface area (Å²) in [5.41, 5.74) is 1.11. The molecule has 1 N–H and O–H groups in total. The maximum absolute atomic E-state index is 12.8. The minimum absolute atomic E-state index is 0.0143. The normalized spacial score (nSPS) is 15.0. The maximum Gasteiger partial charge on any atom is 0.251 e. The van der Waals surface area contributed by atoms with Crippen molar-refractivity contribution in [2.75, 3.05) is 33.4 Å². The van der Waals surface area contributed by atoms with Crippen molar-refractivity contribution in [3.05, 3.63) is 53.6 Å². The van der Waals surface area contributed by atoms with E-state index < -0.39 is 10.0 Å². The SMILES string of the molecule is COc1cc(CNC(=O)c2cccc(S(=O)(=O)N3CCOCC3)c2)ccc1OC(C)C. The van der Waals surface area contributed by atoms with Crippen molar-refractivity contribution in [1.29, 1.82) is 0 Å². The van der Waals surface area contributed by atoms with Crippen LogP contribution >= 0.6 is 0 Å². The smallest absolute Gasteiger partial charge is 0.251 e. The van der Waals surface area contributed by atoms with Gasteiger partial charge in [-0.1, -0.05) is 12.1 Å². The van der Waals surface area contributed by atoms with Crippen LogP contribution in [0.1, 0.15) is 29.8 Å². The highest BCUT2D eigenvalue weighted by Crippen LogP contribution is 2.29. The van der Waals surface area contributed by atoms with Crippen molar-refractivity contribution in [3.63, 3.8) is 0 Å². The molecule has 0 radical (unpaired) electrons. The topological polar surface area (TPSA) is 94.2 Å². The summed E-state index contributed by atoms with van der Waals surface area (Å²) in [7, 11) is -2.11. The minimum atomic E-state index is -3.67. The van der Waals surface area contributed by atoms with E-state index >= 15 is 0 Å². The van der Waals surface area contributed by atoms with Gasteiger partial charge in [-0.25, -0.2) is 8.42 Å². The second kappa shape index (κ2) is 10.1. The van der Waals surface area contributed by atoms with E-state index in [0.717, 1.165) is 5.56 Å². The highest BCUT2D eigenvalue weighted by molar-refractivity contribution is 7.89. The van der Waals surface area contributed by atoms with Crippen LogP contribution in [-0.2, 0) is 21.3 Å². The monoisotopic (exact) mass is 448 g/mol. The molecule has 0 aliphatic carbocycles. The third-order valence-corrected chi connectivity index (χ3v) is 6.64. The zero-order valence-corrected chi connectivity index (χ0v) is 18.8. The van der Waals surface area contributed by atoms with Crippen molar-refractivity contribution in [3.8, 4) is 11.5 Å². The number of carbonyl (C=O) groups is 1. The summed E-state index contributed by atoms with van der Waals surface area (Å²) in [6.07, 6.45) is 0.0143. The van der Waals surface area contributed by atoms with Gasteiger partial charge in [-0.3, -0.25) is 4.79 Å². The first-order valence-electron chi connectivity index (χ1n) is 10.1. The summed E-state index contributed by atoms with van der Waals surface area (Å²) in [5, 5.41) is 2.82. The Morgan fingerprint density at radius 3 is 2.55 bits per heavy atom. The van der Waals surface area contributed by atoms with Crippen molar-refractivity contribution in [1.82, 2.24) is 9.62 Å². The fourth-order valence-corrected chi connectivity index (χ4v) is 4.65. The van der Waals surface area contributed by atoms with Crippen molar-refractivity contribution in [2.24, 2.45) is 0 Å². The Kier molecular flexibility index (Phi) is 7.53. The zero-order valence-electron chi connectivity index (χ0n) is 18.0. The number of hydrogen-bond acceptors (Lipinski definition) is 6. The summed E-state index contributed by atoms with van der Waals surface area (Å²) >= 11 is 0. The number of morpholine rings is 1. The average Bonchev–Trinajstić information content (AvgIpc) is 2.78. The molecule has 1 fully saturated rings. The minimum Gasteiger partial charge on any atom is -0.493 e. The lowest BCUT2D eigenvalue weighted by Crippen LogP contribution is -2.40. The van der Waals surface area contributed by atoms with Crippen LogP contribution in [-0.4, -0.2) is 58.1 Å². The van der Waals surface area contributed by atoms with E-state index in [4.69, 9.17) is 14.2 Å². The summed E-state index contributed by atoms with van der Waals surface area (Å²) in [4.78, 5) is 12.7. The molecular formula is C22H28N2O6S. The quantitative estimate of drug-likeness (QED) is 0.667. The number of sulfonamides is 1.